The largest absolute Gasteiger partial charge is 0.466 e. The first-order valence-corrected chi connectivity index (χ1v) is 7.12. The van der Waals surface area contributed by atoms with E-state index in [1.165, 1.54) is 13.2 Å². The standard InChI is InChI=1S/C19H20O2/c1-21-19(20)15-14-18(17-10-6-3-7-11-17)13-12-16-8-4-2-5-9-16/h2,4-15,17-18H,3H2,1H3/t18-/m1/s1. The first-order chi connectivity index (χ1) is 10.3. The van der Waals surface area contributed by atoms with Crippen LogP contribution in [0.15, 0.2) is 72.9 Å². The van der Waals surface area contributed by atoms with E-state index in [-0.39, 0.29) is 17.8 Å². The van der Waals surface area contributed by atoms with Crippen LogP contribution in [0, 0.1) is 11.8 Å². The second-order valence-electron chi connectivity index (χ2n) is 4.90. The molecule has 1 aliphatic rings. The van der Waals surface area contributed by atoms with Gasteiger partial charge in [0.2, 0.25) is 0 Å². The molecule has 0 N–H and O–H groups in total. The van der Waals surface area contributed by atoms with Crippen molar-refractivity contribution in [2.75, 3.05) is 7.11 Å². The van der Waals surface area contributed by atoms with Gasteiger partial charge in [-0.3, -0.25) is 0 Å². The molecule has 0 aliphatic heterocycles. The number of hydrogen-bond donors (Lipinski definition) is 0. The highest BCUT2D eigenvalue weighted by Gasteiger charge is 2.12. The van der Waals surface area contributed by atoms with Gasteiger partial charge in [0, 0.05) is 17.9 Å². The molecule has 1 aliphatic carbocycles. The topological polar surface area (TPSA) is 26.3 Å². The zero-order valence-electron chi connectivity index (χ0n) is 12.2. The highest BCUT2D eigenvalue weighted by molar-refractivity contribution is 5.81. The van der Waals surface area contributed by atoms with Crippen LogP contribution in [-0.4, -0.2) is 13.1 Å². The number of carbonyl (C=O) groups is 1. The van der Waals surface area contributed by atoms with Gasteiger partial charge in [-0.1, -0.05) is 72.9 Å². The Morgan fingerprint density at radius 3 is 2.57 bits per heavy atom. The molecule has 2 nitrogen and oxygen atoms in total. The third-order valence-electron chi connectivity index (χ3n) is 3.40. The molecule has 0 bridgehead atoms. The first-order valence-electron chi connectivity index (χ1n) is 7.12. The van der Waals surface area contributed by atoms with E-state index >= 15 is 0 Å². The smallest absolute Gasteiger partial charge is 0.330 e. The molecule has 2 rings (SSSR count). The van der Waals surface area contributed by atoms with Crippen molar-refractivity contribution in [3.8, 4) is 0 Å². The second kappa shape index (κ2) is 8.05. The molecule has 108 valence electrons. The van der Waals surface area contributed by atoms with Crippen molar-refractivity contribution in [2.45, 2.75) is 6.42 Å². The van der Waals surface area contributed by atoms with Crippen LogP contribution >= 0.6 is 0 Å². The van der Waals surface area contributed by atoms with E-state index < -0.39 is 0 Å². The number of rotatable bonds is 5. The predicted octanol–water partition coefficient (Wildman–Crippen LogP) is 4.18. The highest BCUT2D eigenvalue weighted by Crippen LogP contribution is 2.23. The minimum absolute atomic E-state index is 0.136. The Labute approximate surface area is 126 Å². The molecule has 1 aromatic carbocycles. The average molecular weight is 280 g/mol. The minimum Gasteiger partial charge on any atom is -0.466 e. The predicted molar refractivity (Wildman–Crippen MR) is 86.5 cm³/mol. The van der Waals surface area contributed by atoms with Crippen molar-refractivity contribution in [3.05, 3.63) is 78.4 Å². The summed E-state index contributed by atoms with van der Waals surface area (Å²) in [6, 6.07) is 10.1. The van der Waals surface area contributed by atoms with E-state index in [1.54, 1.807) is 0 Å². The number of allylic oxidation sites excluding steroid dienone is 6. The van der Waals surface area contributed by atoms with Crippen LogP contribution < -0.4 is 0 Å². The third kappa shape index (κ3) is 4.92. The van der Waals surface area contributed by atoms with E-state index in [0.29, 0.717) is 0 Å². The van der Waals surface area contributed by atoms with E-state index in [2.05, 4.69) is 53.3 Å². The lowest BCUT2D eigenvalue weighted by Gasteiger charge is -2.17. The Bertz CT molecular complexity index is 552. The Kier molecular flexibility index (Phi) is 5.77. The molecule has 0 radical (unpaired) electrons. The molecule has 0 amide bonds. The number of ether oxygens (including phenoxy) is 1. The van der Waals surface area contributed by atoms with E-state index in [4.69, 9.17) is 0 Å². The third-order valence-corrected chi connectivity index (χ3v) is 3.40. The van der Waals surface area contributed by atoms with Crippen LogP contribution in [0.5, 0.6) is 0 Å². The molecule has 0 heterocycles. The summed E-state index contributed by atoms with van der Waals surface area (Å²) in [7, 11) is 1.39. The number of benzene rings is 1. The molecule has 0 aromatic heterocycles. The monoisotopic (exact) mass is 280 g/mol. The van der Waals surface area contributed by atoms with Crippen molar-refractivity contribution in [3.63, 3.8) is 0 Å². The lowest BCUT2D eigenvalue weighted by atomic mass is 9.88. The van der Waals surface area contributed by atoms with Crippen LogP contribution in [-0.2, 0) is 9.53 Å². The summed E-state index contributed by atoms with van der Waals surface area (Å²) in [4.78, 5) is 11.3. The summed E-state index contributed by atoms with van der Waals surface area (Å²) < 4.78 is 4.66. The number of hydrogen-bond acceptors (Lipinski definition) is 2. The molecule has 0 unspecified atom stereocenters. The van der Waals surface area contributed by atoms with Gasteiger partial charge in [-0.2, -0.15) is 0 Å². The summed E-state index contributed by atoms with van der Waals surface area (Å²) >= 11 is 0. The molecular formula is C19H20O2. The number of carbonyl (C=O) groups excluding carboxylic acids is 1. The van der Waals surface area contributed by atoms with Gasteiger partial charge in [0.1, 0.15) is 0 Å². The maximum atomic E-state index is 11.3. The average Bonchev–Trinajstić information content (AvgIpc) is 2.56. The van der Waals surface area contributed by atoms with Crippen molar-refractivity contribution in [1.82, 2.24) is 0 Å². The SMILES string of the molecule is COC(=O)C=C[C@@H](C=Cc1ccccc1)C1C=CCC=C1. The number of methoxy groups -OCH3 is 1. The fourth-order valence-electron chi connectivity index (χ4n) is 2.24. The van der Waals surface area contributed by atoms with Gasteiger partial charge >= 0.3 is 5.97 Å². The lowest BCUT2D eigenvalue weighted by molar-refractivity contribution is -0.134. The molecule has 2 heteroatoms. The van der Waals surface area contributed by atoms with Crippen molar-refractivity contribution in [1.29, 1.82) is 0 Å². The molecular weight excluding hydrogens is 260 g/mol. The van der Waals surface area contributed by atoms with Gasteiger partial charge in [0.25, 0.3) is 0 Å². The molecule has 0 fully saturated rings. The fraction of sp³-hybridized carbons (Fsp3) is 0.211. The van der Waals surface area contributed by atoms with E-state index in [1.807, 2.05) is 24.3 Å². The van der Waals surface area contributed by atoms with Gasteiger partial charge in [0.15, 0.2) is 0 Å². The maximum Gasteiger partial charge on any atom is 0.330 e. The Morgan fingerprint density at radius 1 is 1.19 bits per heavy atom. The zero-order chi connectivity index (χ0) is 14.9. The van der Waals surface area contributed by atoms with Crippen LogP contribution in [0.4, 0.5) is 0 Å². The molecule has 0 spiro atoms. The second-order valence-corrected chi connectivity index (χ2v) is 4.90. The Morgan fingerprint density at radius 2 is 1.90 bits per heavy atom. The van der Waals surface area contributed by atoms with Crippen molar-refractivity contribution in [2.24, 2.45) is 11.8 Å². The van der Waals surface area contributed by atoms with Crippen LogP contribution in [0.25, 0.3) is 6.08 Å². The van der Waals surface area contributed by atoms with Gasteiger partial charge < -0.3 is 4.74 Å². The van der Waals surface area contributed by atoms with Crippen LogP contribution in [0.1, 0.15) is 12.0 Å². The van der Waals surface area contributed by atoms with Crippen molar-refractivity contribution < 1.29 is 9.53 Å². The Hall–Kier alpha value is -2.35. The van der Waals surface area contributed by atoms with E-state index in [0.717, 1.165) is 12.0 Å². The highest BCUT2D eigenvalue weighted by atomic mass is 16.5. The number of esters is 1. The summed E-state index contributed by atoms with van der Waals surface area (Å²) in [6.45, 7) is 0. The maximum absolute atomic E-state index is 11.3. The van der Waals surface area contributed by atoms with Gasteiger partial charge in [0.05, 0.1) is 7.11 Å². The van der Waals surface area contributed by atoms with Gasteiger partial charge in [-0.25, -0.2) is 4.79 Å². The molecule has 1 atom stereocenters. The van der Waals surface area contributed by atoms with Crippen LogP contribution in [0.3, 0.4) is 0 Å². The quantitative estimate of drug-likeness (QED) is 0.459. The summed E-state index contributed by atoms with van der Waals surface area (Å²) in [5.41, 5.74) is 1.15. The molecule has 0 saturated heterocycles. The molecule has 1 aromatic rings. The summed E-state index contributed by atoms with van der Waals surface area (Å²) in [6.07, 6.45) is 17.3. The molecule has 21 heavy (non-hydrogen) atoms. The summed E-state index contributed by atoms with van der Waals surface area (Å²) in [5.74, 6) is 0.0913. The van der Waals surface area contributed by atoms with Gasteiger partial charge in [-0.05, 0) is 12.0 Å². The normalized spacial score (nSPS) is 16.6. The Balaban J connectivity index is 2.15. The minimum atomic E-state index is -0.322. The van der Waals surface area contributed by atoms with Crippen LogP contribution in [0.2, 0.25) is 0 Å². The summed E-state index contributed by atoms with van der Waals surface area (Å²) in [5, 5.41) is 0. The molecule has 0 saturated carbocycles. The lowest BCUT2D eigenvalue weighted by Crippen LogP contribution is -2.08. The fourth-order valence-corrected chi connectivity index (χ4v) is 2.24. The van der Waals surface area contributed by atoms with Gasteiger partial charge in [-0.15, -0.1) is 0 Å². The zero-order valence-corrected chi connectivity index (χ0v) is 12.2. The van der Waals surface area contributed by atoms with Crippen molar-refractivity contribution >= 4 is 12.0 Å². The van der Waals surface area contributed by atoms with E-state index in [9.17, 15) is 4.79 Å². The first kappa shape index (κ1) is 15.0.